The lowest BCUT2D eigenvalue weighted by Gasteiger charge is -2.32. The second-order valence-electron chi connectivity index (χ2n) is 4.61. The fourth-order valence-electron chi connectivity index (χ4n) is 1.98. The molecule has 1 saturated heterocycles. The van der Waals surface area contributed by atoms with Crippen molar-refractivity contribution in [3.05, 3.63) is 0 Å². The van der Waals surface area contributed by atoms with Crippen LogP contribution in [0.15, 0.2) is 0 Å². The molecule has 1 heterocycles. The van der Waals surface area contributed by atoms with Crippen LogP contribution in [-0.4, -0.2) is 72.7 Å². The summed E-state index contributed by atoms with van der Waals surface area (Å²) in [6.07, 6.45) is 1.27. The molecule has 0 atom stereocenters. The summed E-state index contributed by atoms with van der Waals surface area (Å²) in [7, 11) is 1.65. The second kappa shape index (κ2) is 10.5. The van der Waals surface area contributed by atoms with Gasteiger partial charge in [0.05, 0.1) is 19.6 Å². The fraction of sp³-hybridized carbons (Fsp3) is 0.769. The molecular formula is C13H24N4O3S2. The van der Waals surface area contributed by atoms with Gasteiger partial charge in [-0.2, -0.15) is 0 Å². The first kappa shape index (κ1) is 18.9. The smallest absolute Gasteiger partial charge is 0.307 e. The first-order valence-electron chi connectivity index (χ1n) is 7.35. The highest BCUT2D eigenvalue weighted by molar-refractivity contribution is 7.80. The predicted molar refractivity (Wildman–Crippen MR) is 92.4 cm³/mol. The van der Waals surface area contributed by atoms with E-state index in [0.717, 1.165) is 19.5 Å². The largest absolute Gasteiger partial charge is 0.466 e. The van der Waals surface area contributed by atoms with Crippen LogP contribution >= 0.6 is 24.4 Å². The van der Waals surface area contributed by atoms with Crippen LogP contribution in [0.25, 0.3) is 0 Å². The minimum Gasteiger partial charge on any atom is -0.466 e. The zero-order valence-electron chi connectivity index (χ0n) is 13.1. The van der Waals surface area contributed by atoms with Gasteiger partial charge in [-0.3, -0.25) is 14.8 Å². The first-order chi connectivity index (χ1) is 10.6. The maximum atomic E-state index is 11.3. The zero-order valence-corrected chi connectivity index (χ0v) is 14.7. The Kier molecular flexibility index (Phi) is 9.02. The molecule has 0 aromatic heterocycles. The molecule has 1 fully saturated rings. The summed E-state index contributed by atoms with van der Waals surface area (Å²) >= 11 is 10.7. The van der Waals surface area contributed by atoms with E-state index in [1.807, 2.05) is 10.0 Å². The first-order valence-corrected chi connectivity index (χ1v) is 8.17. The van der Waals surface area contributed by atoms with Crippen LogP contribution in [0.4, 0.5) is 0 Å². The summed E-state index contributed by atoms with van der Waals surface area (Å²) in [5.74, 6) is -0.229. The number of thiocarbonyl (C=S) groups is 2. The summed E-state index contributed by atoms with van der Waals surface area (Å²) in [4.78, 5) is 11.3. The number of carbonyl (C=O) groups excluding carboxylic acids is 1. The van der Waals surface area contributed by atoms with Gasteiger partial charge in [-0.25, -0.2) is 0 Å². The molecule has 2 N–H and O–H groups in total. The van der Waals surface area contributed by atoms with Crippen molar-refractivity contribution < 1.29 is 14.3 Å². The number of esters is 1. The van der Waals surface area contributed by atoms with Crippen LogP contribution in [0.1, 0.15) is 19.8 Å². The van der Waals surface area contributed by atoms with Gasteiger partial charge < -0.3 is 20.1 Å². The average Bonchev–Trinajstić information content (AvgIpc) is 2.97. The van der Waals surface area contributed by atoms with E-state index in [2.05, 4.69) is 10.6 Å². The quantitative estimate of drug-likeness (QED) is 0.383. The normalized spacial score (nSPS) is 13.9. The van der Waals surface area contributed by atoms with E-state index in [-0.39, 0.29) is 5.97 Å². The van der Waals surface area contributed by atoms with Gasteiger partial charge in [0.15, 0.2) is 10.2 Å². The molecule has 0 saturated carbocycles. The molecule has 1 aliphatic rings. The molecule has 1 aliphatic heterocycles. The second-order valence-corrected chi connectivity index (χ2v) is 5.38. The van der Waals surface area contributed by atoms with Gasteiger partial charge in [0, 0.05) is 33.3 Å². The molecule has 0 radical (unpaired) electrons. The van der Waals surface area contributed by atoms with Gasteiger partial charge in [-0.15, -0.1) is 0 Å². The molecule has 0 aromatic carbocycles. The fourth-order valence-corrected chi connectivity index (χ4v) is 2.57. The molecule has 22 heavy (non-hydrogen) atoms. The van der Waals surface area contributed by atoms with Gasteiger partial charge in [0.2, 0.25) is 0 Å². The number of hydrazine groups is 1. The highest BCUT2D eigenvalue weighted by Gasteiger charge is 2.26. The van der Waals surface area contributed by atoms with Crippen LogP contribution in [0.2, 0.25) is 0 Å². The van der Waals surface area contributed by atoms with Crippen LogP contribution in [0.5, 0.6) is 0 Å². The molecule has 0 aromatic rings. The van der Waals surface area contributed by atoms with E-state index in [4.69, 9.17) is 33.9 Å². The molecular weight excluding hydrogens is 324 g/mol. The SMILES string of the molecule is CCOC(=O)CCNC(=S)N1CCCN1C(=S)NCCOC. The Morgan fingerprint density at radius 3 is 2.27 bits per heavy atom. The van der Waals surface area contributed by atoms with Gasteiger partial charge in [0.25, 0.3) is 0 Å². The molecule has 7 nitrogen and oxygen atoms in total. The Morgan fingerprint density at radius 2 is 1.73 bits per heavy atom. The third-order valence-electron chi connectivity index (χ3n) is 2.99. The summed E-state index contributed by atoms with van der Waals surface area (Å²) < 4.78 is 9.86. The van der Waals surface area contributed by atoms with E-state index in [9.17, 15) is 4.79 Å². The lowest BCUT2D eigenvalue weighted by Crippen LogP contribution is -2.52. The number of hydrogen-bond donors (Lipinski definition) is 2. The molecule has 0 aliphatic carbocycles. The van der Waals surface area contributed by atoms with Gasteiger partial charge in [-0.05, 0) is 37.8 Å². The topological polar surface area (TPSA) is 66.1 Å². The van der Waals surface area contributed by atoms with E-state index in [1.54, 1.807) is 14.0 Å². The van der Waals surface area contributed by atoms with E-state index >= 15 is 0 Å². The summed E-state index contributed by atoms with van der Waals surface area (Å²) in [6, 6.07) is 0. The molecule has 0 unspecified atom stereocenters. The number of methoxy groups -OCH3 is 1. The van der Waals surface area contributed by atoms with Crippen molar-refractivity contribution in [3.8, 4) is 0 Å². The highest BCUT2D eigenvalue weighted by Crippen LogP contribution is 2.11. The minimum absolute atomic E-state index is 0.229. The monoisotopic (exact) mass is 348 g/mol. The lowest BCUT2D eigenvalue weighted by atomic mass is 10.4. The molecule has 126 valence electrons. The molecule has 0 amide bonds. The van der Waals surface area contributed by atoms with Crippen molar-refractivity contribution in [1.29, 1.82) is 0 Å². The standard InChI is InChI=1S/C13H24N4O3S2/c1-3-20-11(18)5-6-14-12(21)16-8-4-9-17(16)13(22)15-7-10-19-2/h3-10H2,1-2H3,(H,14,21)(H,15,22). The van der Waals surface area contributed by atoms with Gasteiger partial charge in [0.1, 0.15) is 0 Å². The number of nitrogens with zero attached hydrogens (tertiary/aromatic N) is 2. The van der Waals surface area contributed by atoms with Crippen LogP contribution in [-0.2, 0) is 14.3 Å². The Balaban J connectivity index is 2.36. The minimum atomic E-state index is -0.229. The average molecular weight is 348 g/mol. The summed E-state index contributed by atoms with van der Waals surface area (Å²) in [5, 5.41) is 11.2. The number of ether oxygens (including phenoxy) is 2. The summed E-state index contributed by atoms with van der Waals surface area (Å²) in [6.45, 7) is 5.50. The van der Waals surface area contributed by atoms with Crippen LogP contribution in [0.3, 0.4) is 0 Å². The maximum absolute atomic E-state index is 11.3. The molecule has 0 bridgehead atoms. The van der Waals surface area contributed by atoms with Crippen molar-refractivity contribution >= 4 is 40.6 Å². The van der Waals surface area contributed by atoms with Crippen LogP contribution in [0, 0.1) is 0 Å². The van der Waals surface area contributed by atoms with Crippen molar-refractivity contribution in [2.24, 2.45) is 0 Å². The Morgan fingerprint density at radius 1 is 1.14 bits per heavy atom. The summed E-state index contributed by atoms with van der Waals surface area (Å²) in [5.41, 5.74) is 0. The molecule has 1 rings (SSSR count). The van der Waals surface area contributed by atoms with Crippen LogP contribution < -0.4 is 10.6 Å². The van der Waals surface area contributed by atoms with Crippen molar-refractivity contribution in [3.63, 3.8) is 0 Å². The number of nitrogens with one attached hydrogen (secondary N) is 2. The van der Waals surface area contributed by atoms with E-state index < -0.39 is 0 Å². The maximum Gasteiger partial charge on any atom is 0.307 e. The van der Waals surface area contributed by atoms with E-state index in [1.165, 1.54) is 0 Å². The Bertz CT molecular complexity index is 395. The third-order valence-corrected chi connectivity index (χ3v) is 3.70. The van der Waals surface area contributed by atoms with Crippen molar-refractivity contribution in [1.82, 2.24) is 20.7 Å². The predicted octanol–water partition coefficient (Wildman–Crippen LogP) is 0.258. The zero-order chi connectivity index (χ0) is 16.4. The Hall–Kier alpha value is -1.19. The highest BCUT2D eigenvalue weighted by atomic mass is 32.1. The van der Waals surface area contributed by atoms with Gasteiger partial charge in [-0.1, -0.05) is 0 Å². The number of rotatable bonds is 7. The van der Waals surface area contributed by atoms with Crippen molar-refractivity contribution in [2.45, 2.75) is 19.8 Å². The van der Waals surface area contributed by atoms with Crippen molar-refractivity contribution in [2.75, 3.05) is 46.5 Å². The Labute approximate surface area is 142 Å². The molecule has 0 spiro atoms. The number of carbonyl (C=O) groups is 1. The van der Waals surface area contributed by atoms with Gasteiger partial charge >= 0.3 is 5.97 Å². The number of hydrogen-bond acceptors (Lipinski definition) is 5. The lowest BCUT2D eigenvalue weighted by molar-refractivity contribution is -0.142. The third kappa shape index (κ3) is 6.29. The molecule has 9 heteroatoms. The van der Waals surface area contributed by atoms with E-state index in [0.29, 0.717) is 42.9 Å².